The predicted molar refractivity (Wildman–Crippen MR) is 48.4 cm³/mol. The minimum absolute atomic E-state index is 0.939. The Kier molecular flexibility index (Phi) is 1.95. The molecule has 3 aliphatic carbocycles. The fourth-order valence-electron chi connectivity index (χ4n) is 2.90. The summed E-state index contributed by atoms with van der Waals surface area (Å²) >= 11 is 0. The van der Waals surface area contributed by atoms with Crippen LogP contribution in [0.25, 0.3) is 0 Å². The molecule has 3 rings (SSSR count). The summed E-state index contributed by atoms with van der Waals surface area (Å²) in [4.78, 5) is 0. The Morgan fingerprint density at radius 3 is 2.27 bits per heavy atom. The largest absolute Gasteiger partial charge is 0.0625 e. The Bertz CT molecular complexity index is 131. The third-order valence-corrected chi connectivity index (χ3v) is 3.86. The van der Waals surface area contributed by atoms with Crippen molar-refractivity contribution < 1.29 is 0 Å². The Morgan fingerprint density at radius 2 is 1.64 bits per heavy atom. The zero-order chi connectivity index (χ0) is 7.84. The lowest BCUT2D eigenvalue weighted by Gasteiger charge is -2.32. The lowest BCUT2D eigenvalue weighted by atomic mass is 9.73. The van der Waals surface area contributed by atoms with Gasteiger partial charge in [-0.15, -0.1) is 0 Å². The molecule has 0 heterocycles. The van der Waals surface area contributed by atoms with Gasteiger partial charge in [0.1, 0.15) is 0 Å². The highest BCUT2D eigenvalue weighted by Crippen LogP contribution is 2.47. The molecule has 0 spiro atoms. The van der Waals surface area contributed by atoms with Crippen molar-refractivity contribution in [2.24, 2.45) is 23.7 Å². The van der Waals surface area contributed by atoms with Crippen molar-refractivity contribution in [2.75, 3.05) is 0 Å². The molecule has 11 heavy (non-hydrogen) atoms. The van der Waals surface area contributed by atoms with Crippen LogP contribution in [-0.4, -0.2) is 0 Å². The van der Waals surface area contributed by atoms with Crippen LogP contribution in [-0.2, 0) is 0 Å². The summed E-state index contributed by atoms with van der Waals surface area (Å²) in [6, 6.07) is 0. The van der Waals surface area contributed by atoms with E-state index in [4.69, 9.17) is 0 Å². The first-order chi connectivity index (χ1) is 5.25. The maximum absolute atomic E-state index is 2.40. The zero-order valence-electron chi connectivity index (χ0n) is 7.84. The average molecular weight is 152 g/mol. The van der Waals surface area contributed by atoms with Crippen molar-refractivity contribution in [1.82, 2.24) is 0 Å². The molecule has 0 aromatic carbocycles. The molecule has 1 atom stereocenters. The van der Waals surface area contributed by atoms with E-state index in [0.29, 0.717) is 0 Å². The van der Waals surface area contributed by atoms with Crippen LogP contribution in [0.1, 0.15) is 46.0 Å². The second kappa shape index (κ2) is 2.80. The Balaban J connectivity index is 1.92. The van der Waals surface area contributed by atoms with Gasteiger partial charge in [-0.25, -0.2) is 0 Å². The van der Waals surface area contributed by atoms with E-state index in [2.05, 4.69) is 13.8 Å². The summed E-state index contributed by atoms with van der Waals surface area (Å²) in [7, 11) is 0. The van der Waals surface area contributed by atoms with E-state index >= 15 is 0 Å². The molecular weight excluding hydrogens is 132 g/mol. The Hall–Kier alpha value is 0. The van der Waals surface area contributed by atoms with Gasteiger partial charge in [0.05, 0.1) is 0 Å². The molecule has 0 aromatic rings. The first-order valence-electron chi connectivity index (χ1n) is 5.25. The third kappa shape index (κ3) is 1.45. The summed E-state index contributed by atoms with van der Waals surface area (Å²) in [5.74, 6) is 4.28. The molecular formula is C11H20. The second-order valence-electron chi connectivity index (χ2n) is 5.02. The van der Waals surface area contributed by atoms with Crippen molar-refractivity contribution in [1.29, 1.82) is 0 Å². The molecule has 0 heteroatoms. The van der Waals surface area contributed by atoms with Crippen molar-refractivity contribution >= 4 is 0 Å². The maximum atomic E-state index is 2.40. The fraction of sp³-hybridized carbons (Fsp3) is 1.00. The van der Waals surface area contributed by atoms with Crippen molar-refractivity contribution in [3.05, 3.63) is 0 Å². The topological polar surface area (TPSA) is 0 Å². The van der Waals surface area contributed by atoms with Gasteiger partial charge in [-0.3, -0.25) is 0 Å². The number of hydrogen-bond donors (Lipinski definition) is 0. The highest BCUT2D eigenvalue weighted by Gasteiger charge is 2.35. The van der Waals surface area contributed by atoms with Gasteiger partial charge in [-0.2, -0.15) is 0 Å². The van der Waals surface area contributed by atoms with Crippen molar-refractivity contribution in [3.63, 3.8) is 0 Å². The minimum Gasteiger partial charge on any atom is -0.0625 e. The normalized spacial score (nSPS) is 43.4. The lowest BCUT2D eigenvalue weighted by Crippen LogP contribution is -2.21. The number of rotatable bonds is 1. The maximum Gasteiger partial charge on any atom is -0.0388 e. The van der Waals surface area contributed by atoms with Crippen LogP contribution in [0.3, 0.4) is 0 Å². The van der Waals surface area contributed by atoms with Gasteiger partial charge in [-0.05, 0) is 49.4 Å². The van der Waals surface area contributed by atoms with Crippen LogP contribution in [0.4, 0.5) is 0 Å². The molecule has 0 aliphatic heterocycles. The molecule has 0 nitrogen and oxygen atoms in total. The van der Waals surface area contributed by atoms with Gasteiger partial charge in [0.2, 0.25) is 0 Å². The number of hydrogen-bond acceptors (Lipinski definition) is 0. The molecule has 1 unspecified atom stereocenters. The summed E-state index contributed by atoms with van der Waals surface area (Å²) < 4.78 is 0. The molecule has 2 bridgehead atoms. The number of fused-ring (bicyclic) bond motifs is 3. The molecule has 0 radical (unpaired) electrons. The summed E-state index contributed by atoms with van der Waals surface area (Å²) in [5, 5.41) is 0. The van der Waals surface area contributed by atoms with Crippen LogP contribution >= 0.6 is 0 Å². The van der Waals surface area contributed by atoms with Crippen molar-refractivity contribution in [2.45, 2.75) is 46.0 Å². The van der Waals surface area contributed by atoms with Gasteiger partial charge < -0.3 is 0 Å². The lowest BCUT2D eigenvalue weighted by molar-refractivity contribution is 0.187. The Morgan fingerprint density at radius 1 is 0.909 bits per heavy atom. The van der Waals surface area contributed by atoms with Crippen molar-refractivity contribution in [3.8, 4) is 0 Å². The quantitative estimate of drug-likeness (QED) is 0.539. The predicted octanol–water partition coefficient (Wildman–Crippen LogP) is 3.47. The molecule has 0 aromatic heterocycles. The minimum atomic E-state index is 0.939. The van der Waals surface area contributed by atoms with Gasteiger partial charge in [0, 0.05) is 0 Å². The zero-order valence-corrected chi connectivity index (χ0v) is 7.84. The van der Waals surface area contributed by atoms with Crippen LogP contribution in [0.2, 0.25) is 0 Å². The van der Waals surface area contributed by atoms with E-state index in [9.17, 15) is 0 Å². The summed E-state index contributed by atoms with van der Waals surface area (Å²) in [6.45, 7) is 4.79. The van der Waals surface area contributed by atoms with Crippen LogP contribution in [0.5, 0.6) is 0 Å². The van der Waals surface area contributed by atoms with Crippen LogP contribution in [0, 0.1) is 23.7 Å². The smallest absolute Gasteiger partial charge is 0.0388 e. The molecule has 3 fully saturated rings. The molecule has 64 valence electrons. The first-order valence-corrected chi connectivity index (χ1v) is 5.25. The van der Waals surface area contributed by atoms with E-state index in [1.807, 2.05) is 0 Å². The van der Waals surface area contributed by atoms with Gasteiger partial charge >= 0.3 is 0 Å². The van der Waals surface area contributed by atoms with E-state index in [1.54, 1.807) is 25.7 Å². The second-order valence-corrected chi connectivity index (χ2v) is 5.02. The molecule has 3 aliphatic rings. The van der Waals surface area contributed by atoms with Gasteiger partial charge in [0.25, 0.3) is 0 Å². The Labute approximate surface area is 70.4 Å². The highest BCUT2D eigenvalue weighted by molar-refractivity contribution is 4.86. The van der Waals surface area contributed by atoms with Gasteiger partial charge in [0.15, 0.2) is 0 Å². The third-order valence-electron chi connectivity index (χ3n) is 3.86. The monoisotopic (exact) mass is 152 g/mol. The van der Waals surface area contributed by atoms with E-state index in [0.717, 1.165) is 23.7 Å². The SMILES string of the molecule is CC(C)C1CCC2CC(C2)C1. The molecule has 0 saturated heterocycles. The summed E-state index contributed by atoms with van der Waals surface area (Å²) in [6.07, 6.45) is 7.76. The van der Waals surface area contributed by atoms with Gasteiger partial charge in [-0.1, -0.05) is 20.3 Å². The van der Waals surface area contributed by atoms with E-state index < -0.39 is 0 Å². The van der Waals surface area contributed by atoms with E-state index in [1.165, 1.54) is 6.42 Å². The standard InChI is InChI=1S/C11H20/c1-8(2)11-4-3-9-5-10(6-9)7-11/h8-11H,3-7H2,1-2H3. The average Bonchev–Trinajstić information content (AvgIpc) is 2.13. The molecule has 3 saturated carbocycles. The van der Waals surface area contributed by atoms with E-state index in [-0.39, 0.29) is 0 Å². The fourth-order valence-corrected chi connectivity index (χ4v) is 2.90. The first kappa shape index (κ1) is 7.64. The molecule has 0 amide bonds. The highest BCUT2D eigenvalue weighted by atomic mass is 14.4. The summed E-state index contributed by atoms with van der Waals surface area (Å²) in [5.41, 5.74) is 0. The van der Waals surface area contributed by atoms with Crippen LogP contribution in [0.15, 0.2) is 0 Å². The van der Waals surface area contributed by atoms with Crippen LogP contribution < -0.4 is 0 Å². The molecule has 0 N–H and O–H groups in total.